The molecule has 0 amide bonds. The molecule has 0 aromatic rings. The van der Waals surface area contributed by atoms with Crippen molar-refractivity contribution in [3.05, 3.63) is 0 Å². The van der Waals surface area contributed by atoms with E-state index in [0.29, 0.717) is 6.61 Å². The predicted molar refractivity (Wildman–Crippen MR) is 28.6 cm³/mol. The van der Waals surface area contributed by atoms with Gasteiger partial charge in [0, 0.05) is 0 Å². The maximum atomic E-state index is 4.68. The molecule has 0 rings (SSSR count). The van der Waals surface area contributed by atoms with Gasteiger partial charge in [0.05, 0.1) is 6.61 Å². The summed E-state index contributed by atoms with van der Waals surface area (Å²) in [5.41, 5.74) is 0. The zero-order valence-electron chi connectivity index (χ0n) is 3.55. The molecule has 2 nitrogen and oxygen atoms in total. The van der Waals surface area contributed by atoms with Gasteiger partial charge in [-0.25, -0.2) is 5.90 Å². The van der Waals surface area contributed by atoms with Crippen LogP contribution in [0.2, 0.25) is 0 Å². The molecule has 0 aromatic heterocycles. The van der Waals surface area contributed by atoms with Gasteiger partial charge in [-0.3, -0.25) is 0 Å². The van der Waals surface area contributed by atoms with Crippen molar-refractivity contribution in [1.29, 1.82) is 0 Å². The number of rotatable bonds is 3. The molecule has 0 aromatic carbocycles. The minimum absolute atomic E-state index is 0.615. The first-order chi connectivity index (χ1) is 2.91. The number of thiol groups is 1. The Morgan fingerprint density at radius 1 is 1.67 bits per heavy atom. The van der Waals surface area contributed by atoms with Crippen LogP contribution >= 0.6 is 12.6 Å². The van der Waals surface area contributed by atoms with Crippen molar-refractivity contribution in [2.24, 2.45) is 5.90 Å². The summed E-state index contributed by atoms with van der Waals surface area (Å²) < 4.78 is 0. The molecule has 2 N–H and O–H groups in total. The van der Waals surface area contributed by atoms with Gasteiger partial charge in [0.2, 0.25) is 0 Å². The summed E-state index contributed by atoms with van der Waals surface area (Å²) in [5, 5.41) is 0. The Balaban J connectivity index is 2.34. The molecular formula is C3H9NOS. The van der Waals surface area contributed by atoms with Gasteiger partial charge in [-0.2, -0.15) is 12.6 Å². The average molecular weight is 107 g/mol. The fourth-order valence-electron chi connectivity index (χ4n) is 0.148. The molecule has 0 heterocycles. The molecule has 0 fully saturated rings. The topological polar surface area (TPSA) is 35.2 Å². The zero-order chi connectivity index (χ0) is 4.83. The van der Waals surface area contributed by atoms with E-state index in [0.717, 1.165) is 12.2 Å². The Labute approximate surface area is 43.0 Å². The Morgan fingerprint density at radius 2 is 2.33 bits per heavy atom. The summed E-state index contributed by atoms with van der Waals surface area (Å²) in [5.74, 6) is 5.53. The van der Waals surface area contributed by atoms with Gasteiger partial charge in [-0.1, -0.05) is 0 Å². The van der Waals surface area contributed by atoms with E-state index in [4.69, 9.17) is 0 Å². The predicted octanol–water partition coefficient (Wildman–Crippen LogP) is 0.197. The Bertz CT molecular complexity index is 22.8. The van der Waals surface area contributed by atoms with Crippen molar-refractivity contribution in [2.45, 2.75) is 6.42 Å². The summed E-state index contributed by atoms with van der Waals surface area (Å²) in [6, 6.07) is 0. The molecule has 0 spiro atoms. The van der Waals surface area contributed by atoms with E-state index < -0.39 is 0 Å². The Kier molecular flexibility index (Phi) is 5.51. The first-order valence-electron chi connectivity index (χ1n) is 1.84. The van der Waals surface area contributed by atoms with Crippen molar-refractivity contribution in [3.8, 4) is 0 Å². The van der Waals surface area contributed by atoms with Crippen molar-refractivity contribution >= 4 is 12.6 Å². The van der Waals surface area contributed by atoms with E-state index in [2.05, 4.69) is 23.4 Å². The molecule has 6 heavy (non-hydrogen) atoms. The van der Waals surface area contributed by atoms with E-state index in [9.17, 15) is 0 Å². The SMILES string of the molecule is NOCCCS. The number of nitrogens with two attached hydrogens (primary N) is 1. The minimum atomic E-state index is 0.615. The van der Waals surface area contributed by atoms with E-state index in [1.54, 1.807) is 0 Å². The third kappa shape index (κ3) is 4.27. The lowest BCUT2D eigenvalue weighted by atomic mass is 10.5. The van der Waals surface area contributed by atoms with Crippen LogP contribution in [0.4, 0.5) is 0 Å². The van der Waals surface area contributed by atoms with Crippen molar-refractivity contribution in [3.63, 3.8) is 0 Å². The summed E-state index contributed by atoms with van der Waals surface area (Å²) in [4.78, 5) is 4.23. The normalized spacial score (nSPS) is 9.00. The van der Waals surface area contributed by atoms with Crippen molar-refractivity contribution in [2.75, 3.05) is 12.4 Å². The second-order valence-electron chi connectivity index (χ2n) is 0.948. The van der Waals surface area contributed by atoms with Gasteiger partial charge in [-0.05, 0) is 12.2 Å². The van der Waals surface area contributed by atoms with Crippen LogP contribution in [-0.2, 0) is 4.84 Å². The lowest BCUT2D eigenvalue weighted by molar-refractivity contribution is 0.139. The smallest absolute Gasteiger partial charge is 0.0687 e. The van der Waals surface area contributed by atoms with E-state index in [-0.39, 0.29) is 0 Å². The fourth-order valence-corrected chi connectivity index (χ4v) is 0.277. The second kappa shape index (κ2) is 5.27. The molecule has 0 bridgehead atoms. The molecule has 0 unspecified atom stereocenters. The molecule has 0 saturated carbocycles. The lowest BCUT2D eigenvalue weighted by Gasteiger charge is -1.88. The Hall–Kier alpha value is 0.270. The van der Waals surface area contributed by atoms with Gasteiger partial charge in [0.15, 0.2) is 0 Å². The first kappa shape index (κ1) is 6.27. The quantitative estimate of drug-likeness (QED) is 0.307. The maximum absolute atomic E-state index is 4.68. The molecule has 0 atom stereocenters. The fraction of sp³-hybridized carbons (Fsp3) is 1.00. The Morgan fingerprint density at radius 3 is 2.50 bits per heavy atom. The molecule has 0 radical (unpaired) electrons. The highest BCUT2D eigenvalue weighted by molar-refractivity contribution is 7.80. The van der Waals surface area contributed by atoms with Crippen LogP contribution in [0.3, 0.4) is 0 Å². The highest BCUT2D eigenvalue weighted by Gasteiger charge is 1.75. The largest absolute Gasteiger partial charge is 0.305 e. The van der Waals surface area contributed by atoms with E-state index in [1.165, 1.54) is 0 Å². The maximum Gasteiger partial charge on any atom is 0.0687 e. The van der Waals surface area contributed by atoms with Gasteiger partial charge in [0.25, 0.3) is 0 Å². The van der Waals surface area contributed by atoms with E-state index >= 15 is 0 Å². The van der Waals surface area contributed by atoms with Crippen LogP contribution in [-0.4, -0.2) is 12.4 Å². The highest BCUT2D eigenvalue weighted by atomic mass is 32.1. The minimum Gasteiger partial charge on any atom is -0.305 e. The van der Waals surface area contributed by atoms with Crippen molar-refractivity contribution in [1.82, 2.24) is 0 Å². The monoisotopic (exact) mass is 107 g/mol. The summed E-state index contributed by atoms with van der Waals surface area (Å²) in [7, 11) is 0. The lowest BCUT2D eigenvalue weighted by Crippen LogP contribution is -2.00. The van der Waals surface area contributed by atoms with Crippen LogP contribution in [0.5, 0.6) is 0 Å². The molecule has 38 valence electrons. The molecule has 3 heteroatoms. The molecule has 0 aliphatic carbocycles. The average Bonchev–Trinajstić information content (AvgIpc) is 1.61. The first-order valence-corrected chi connectivity index (χ1v) is 2.47. The van der Waals surface area contributed by atoms with Crippen molar-refractivity contribution < 1.29 is 4.84 Å². The number of hydrogen-bond acceptors (Lipinski definition) is 3. The third-order valence-corrected chi connectivity index (χ3v) is 0.737. The van der Waals surface area contributed by atoms with Crippen LogP contribution in [0.25, 0.3) is 0 Å². The highest BCUT2D eigenvalue weighted by Crippen LogP contribution is 1.79. The van der Waals surface area contributed by atoms with Crippen LogP contribution in [0, 0.1) is 0 Å². The van der Waals surface area contributed by atoms with Gasteiger partial charge >= 0.3 is 0 Å². The third-order valence-electron chi connectivity index (χ3n) is 0.420. The molecule has 0 aliphatic heterocycles. The summed E-state index contributed by atoms with van der Waals surface area (Å²) in [6.07, 6.45) is 0.930. The standard InChI is InChI=1S/C3H9NOS/c4-5-2-1-3-6/h6H,1-4H2. The summed E-state index contributed by atoms with van der Waals surface area (Å²) in [6.45, 7) is 0.615. The van der Waals surface area contributed by atoms with E-state index in [1.807, 2.05) is 0 Å². The number of hydrogen-bond donors (Lipinski definition) is 2. The van der Waals surface area contributed by atoms with Gasteiger partial charge < -0.3 is 4.84 Å². The second-order valence-corrected chi connectivity index (χ2v) is 1.40. The molecule has 0 saturated heterocycles. The van der Waals surface area contributed by atoms with Gasteiger partial charge in [-0.15, -0.1) is 0 Å². The summed E-state index contributed by atoms with van der Waals surface area (Å²) >= 11 is 3.92. The van der Waals surface area contributed by atoms with Crippen LogP contribution in [0.15, 0.2) is 0 Å². The molecular weight excluding hydrogens is 98.1 g/mol. The van der Waals surface area contributed by atoms with Gasteiger partial charge in [0.1, 0.15) is 0 Å². The van der Waals surface area contributed by atoms with Crippen LogP contribution < -0.4 is 5.90 Å². The molecule has 0 aliphatic rings. The zero-order valence-corrected chi connectivity index (χ0v) is 4.45. The van der Waals surface area contributed by atoms with Crippen LogP contribution in [0.1, 0.15) is 6.42 Å².